The largest absolute Gasteiger partial charge is 0.292 e. The van der Waals surface area contributed by atoms with Gasteiger partial charge in [0.05, 0.1) is 0 Å². The molecule has 4 nitrogen and oxygen atoms in total. The van der Waals surface area contributed by atoms with Gasteiger partial charge in [0.25, 0.3) is 0 Å². The fourth-order valence-corrected chi connectivity index (χ4v) is 1.94. The first-order chi connectivity index (χ1) is 7.78. The topological polar surface area (TPSA) is 63.8 Å². The van der Waals surface area contributed by atoms with E-state index in [0.29, 0.717) is 11.0 Å². The third-order valence-corrected chi connectivity index (χ3v) is 2.70. The van der Waals surface area contributed by atoms with Gasteiger partial charge >= 0.3 is 0 Å². The monoisotopic (exact) mass is 236 g/mol. The Bertz CT molecular complexity index is 492. The predicted molar refractivity (Wildman–Crippen MR) is 60.4 cm³/mol. The molecule has 82 valence electrons. The molecule has 1 heterocycles. The molecule has 0 aliphatic rings. The van der Waals surface area contributed by atoms with Crippen LogP contribution in [0, 0.1) is 5.82 Å². The van der Waals surface area contributed by atoms with Crippen LogP contribution in [0.3, 0.4) is 0 Å². The number of halogens is 1. The third-order valence-electron chi connectivity index (χ3n) is 1.78. The SMILES string of the molecule is NNc1nccc(Sc2cccc(F)c2)n1. The molecule has 0 radical (unpaired) electrons. The Hall–Kier alpha value is -1.66. The summed E-state index contributed by atoms with van der Waals surface area (Å²) in [7, 11) is 0. The van der Waals surface area contributed by atoms with Crippen LogP contribution >= 0.6 is 11.8 Å². The van der Waals surface area contributed by atoms with Gasteiger partial charge in [0.15, 0.2) is 0 Å². The minimum Gasteiger partial charge on any atom is -0.292 e. The zero-order valence-corrected chi connectivity index (χ0v) is 9.04. The zero-order chi connectivity index (χ0) is 11.4. The van der Waals surface area contributed by atoms with Crippen LogP contribution in [0.1, 0.15) is 0 Å². The van der Waals surface area contributed by atoms with Gasteiger partial charge in [-0.15, -0.1) is 0 Å². The van der Waals surface area contributed by atoms with Gasteiger partial charge in [-0.25, -0.2) is 20.2 Å². The van der Waals surface area contributed by atoms with Crippen LogP contribution in [-0.4, -0.2) is 9.97 Å². The summed E-state index contributed by atoms with van der Waals surface area (Å²) in [5, 5.41) is 0.702. The second-order valence-corrected chi connectivity index (χ2v) is 4.02. The quantitative estimate of drug-likeness (QED) is 0.485. The molecule has 0 unspecified atom stereocenters. The Morgan fingerprint density at radius 2 is 2.19 bits per heavy atom. The van der Waals surface area contributed by atoms with E-state index in [1.54, 1.807) is 18.3 Å². The maximum absolute atomic E-state index is 12.9. The Kier molecular flexibility index (Phi) is 3.33. The Balaban J connectivity index is 2.20. The first kappa shape index (κ1) is 10.8. The van der Waals surface area contributed by atoms with Crippen molar-refractivity contribution in [3.05, 3.63) is 42.3 Å². The van der Waals surface area contributed by atoms with Crippen molar-refractivity contribution in [1.29, 1.82) is 0 Å². The van der Waals surface area contributed by atoms with Crippen molar-refractivity contribution in [3.63, 3.8) is 0 Å². The van der Waals surface area contributed by atoms with Crippen LogP contribution in [0.4, 0.5) is 10.3 Å². The molecule has 0 fully saturated rings. The summed E-state index contributed by atoms with van der Waals surface area (Å²) in [6.07, 6.45) is 1.59. The summed E-state index contributed by atoms with van der Waals surface area (Å²) < 4.78 is 12.9. The number of rotatable bonds is 3. The highest BCUT2D eigenvalue weighted by atomic mass is 32.2. The van der Waals surface area contributed by atoms with Gasteiger partial charge in [-0.3, -0.25) is 5.43 Å². The molecule has 0 saturated heterocycles. The number of hydrazine groups is 1. The van der Waals surface area contributed by atoms with E-state index in [9.17, 15) is 4.39 Å². The maximum atomic E-state index is 12.9. The summed E-state index contributed by atoms with van der Waals surface area (Å²) in [5.41, 5.74) is 2.35. The lowest BCUT2D eigenvalue weighted by Gasteiger charge is -2.02. The number of nitrogens with two attached hydrogens (primary N) is 1. The molecular weight excluding hydrogens is 227 g/mol. The Morgan fingerprint density at radius 1 is 1.31 bits per heavy atom. The zero-order valence-electron chi connectivity index (χ0n) is 8.22. The van der Waals surface area contributed by atoms with Crippen LogP contribution in [0.15, 0.2) is 46.5 Å². The van der Waals surface area contributed by atoms with Crippen molar-refractivity contribution >= 4 is 17.7 Å². The van der Waals surface area contributed by atoms with E-state index in [1.807, 2.05) is 6.07 Å². The average molecular weight is 236 g/mol. The summed E-state index contributed by atoms with van der Waals surface area (Å²) in [6.45, 7) is 0. The number of nitrogen functional groups attached to an aromatic ring is 1. The molecule has 3 N–H and O–H groups in total. The maximum Gasteiger partial charge on any atom is 0.238 e. The highest BCUT2D eigenvalue weighted by Crippen LogP contribution is 2.26. The summed E-state index contributed by atoms with van der Waals surface area (Å²) in [4.78, 5) is 8.77. The van der Waals surface area contributed by atoms with Crippen LogP contribution < -0.4 is 11.3 Å². The van der Waals surface area contributed by atoms with Crippen molar-refractivity contribution in [2.75, 3.05) is 5.43 Å². The molecule has 16 heavy (non-hydrogen) atoms. The molecule has 0 amide bonds. The van der Waals surface area contributed by atoms with E-state index in [-0.39, 0.29) is 5.82 Å². The molecule has 0 atom stereocenters. The smallest absolute Gasteiger partial charge is 0.238 e. The number of hydrogen-bond acceptors (Lipinski definition) is 5. The van der Waals surface area contributed by atoms with Crippen LogP contribution in [-0.2, 0) is 0 Å². The fraction of sp³-hybridized carbons (Fsp3) is 0. The highest BCUT2D eigenvalue weighted by molar-refractivity contribution is 7.99. The van der Waals surface area contributed by atoms with E-state index in [1.165, 1.54) is 23.9 Å². The van der Waals surface area contributed by atoms with Crippen molar-refractivity contribution in [3.8, 4) is 0 Å². The highest BCUT2D eigenvalue weighted by Gasteiger charge is 2.01. The second-order valence-electron chi connectivity index (χ2n) is 2.92. The number of benzene rings is 1. The Labute approximate surface area is 96.1 Å². The number of aromatic nitrogens is 2. The van der Waals surface area contributed by atoms with Crippen molar-refractivity contribution in [1.82, 2.24) is 9.97 Å². The lowest BCUT2D eigenvalue weighted by atomic mass is 10.4. The molecule has 6 heteroatoms. The van der Waals surface area contributed by atoms with Crippen LogP contribution in [0.25, 0.3) is 0 Å². The summed E-state index contributed by atoms with van der Waals surface area (Å²) in [6, 6.07) is 8.04. The minimum atomic E-state index is -0.267. The van der Waals surface area contributed by atoms with Gasteiger partial charge in [-0.2, -0.15) is 0 Å². The van der Waals surface area contributed by atoms with Crippen molar-refractivity contribution in [2.24, 2.45) is 5.84 Å². The van der Waals surface area contributed by atoms with Crippen molar-refractivity contribution < 1.29 is 4.39 Å². The summed E-state index contributed by atoms with van der Waals surface area (Å²) in [5.74, 6) is 5.26. The normalized spacial score (nSPS) is 10.1. The van der Waals surface area contributed by atoms with Gasteiger partial charge < -0.3 is 0 Å². The van der Waals surface area contributed by atoms with Crippen LogP contribution in [0.2, 0.25) is 0 Å². The second kappa shape index (κ2) is 4.91. The molecule has 0 spiro atoms. The fourth-order valence-electron chi connectivity index (χ4n) is 1.12. The van der Waals surface area contributed by atoms with Gasteiger partial charge in [0, 0.05) is 11.1 Å². The van der Waals surface area contributed by atoms with E-state index in [0.717, 1.165) is 4.90 Å². The van der Waals surface area contributed by atoms with Gasteiger partial charge in [0.1, 0.15) is 10.8 Å². The average Bonchev–Trinajstić information content (AvgIpc) is 2.29. The first-order valence-corrected chi connectivity index (χ1v) is 5.32. The molecule has 0 aliphatic carbocycles. The number of anilines is 1. The van der Waals surface area contributed by atoms with Gasteiger partial charge in [-0.05, 0) is 24.3 Å². The summed E-state index contributed by atoms with van der Waals surface area (Å²) >= 11 is 1.34. The van der Waals surface area contributed by atoms with E-state index >= 15 is 0 Å². The third kappa shape index (κ3) is 2.68. The molecule has 0 aliphatic heterocycles. The van der Waals surface area contributed by atoms with E-state index in [2.05, 4.69) is 15.4 Å². The van der Waals surface area contributed by atoms with Crippen LogP contribution in [0.5, 0.6) is 0 Å². The molecular formula is C10H9FN4S. The van der Waals surface area contributed by atoms with Gasteiger partial charge in [-0.1, -0.05) is 17.8 Å². The molecule has 1 aromatic heterocycles. The standard InChI is InChI=1S/C10H9FN4S/c11-7-2-1-3-8(6-7)16-9-4-5-13-10(14-9)15-12/h1-6H,12H2,(H,13,14,15). The predicted octanol–water partition coefficient (Wildman–Crippen LogP) is 2.05. The van der Waals surface area contributed by atoms with Crippen molar-refractivity contribution in [2.45, 2.75) is 9.92 Å². The molecule has 0 saturated carbocycles. The Morgan fingerprint density at radius 3 is 2.94 bits per heavy atom. The van der Waals surface area contributed by atoms with E-state index in [4.69, 9.17) is 5.84 Å². The van der Waals surface area contributed by atoms with E-state index < -0.39 is 0 Å². The number of nitrogens with zero attached hydrogens (tertiary/aromatic N) is 2. The molecule has 2 rings (SSSR count). The number of hydrogen-bond donors (Lipinski definition) is 2. The first-order valence-electron chi connectivity index (χ1n) is 4.51. The van der Waals surface area contributed by atoms with Gasteiger partial charge in [0.2, 0.25) is 5.95 Å². The molecule has 1 aromatic carbocycles. The molecule has 2 aromatic rings. The lowest BCUT2D eigenvalue weighted by Crippen LogP contribution is -2.10. The lowest BCUT2D eigenvalue weighted by molar-refractivity contribution is 0.624. The minimum absolute atomic E-state index is 0.267. The molecule has 0 bridgehead atoms. The number of nitrogens with one attached hydrogen (secondary N) is 1.